The largest absolute Gasteiger partial charge is 0.349 e. The second-order valence-corrected chi connectivity index (χ2v) is 5.01. The summed E-state index contributed by atoms with van der Waals surface area (Å²) in [6.45, 7) is 8.31. The van der Waals surface area contributed by atoms with Crippen LogP contribution in [0.1, 0.15) is 49.5 Å². The van der Waals surface area contributed by atoms with Crippen molar-refractivity contribution in [2.24, 2.45) is 11.8 Å². The molecule has 4 heteroatoms. The maximum Gasteiger partial charge on any atom is 0.251 e. The fourth-order valence-electron chi connectivity index (χ4n) is 2.37. The van der Waals surface area contributed by atoms with Gasteiger partial charge in [-0.25, -0.2) is 0 Å². The molecule has 0 fully saturated rings. The van der Waals surface area contributed by atoms with Crippen LogP contribution in [0.15, 0.2) is 18.2 Å². The van der Waals surface area contributed by atoms with Crippen molar-refractivity contribution in [3.8, 4) is 0 Å². The van der Waals surface area contributed by atoms with E-state index in [-0.39, 0.29) is 11.9 Å². The third-order valence-corrected chi connectivity index (χ3v) is 3.76. The molecule has 1 aromatic carbocycles. The summed E-state index contributed by atoms with van der Waals surface area (Å²) in [5.41, 5.74) is 5.08. The van der Waals surface area contributed by atoms with E-state index in [2.05, 4.69) is 31.5 Å². The Bertz CT molecular complexity index is 427. The third kappa shape index (κ3) is 3.96. The van der Waals surface area contributed by atoms with Crippen LogP contribution in [0, 0.1) is 12.8 Å². The SMILES string of the molecule is CCC(CC)C(C)NC(=O)c1ccc(NN)c(C)c1. The van der Waals surface area contributed by atoms with E-state index in [4.69, 9.17) is 5.84 Å². The van der Waals surface area contributed by atoms with Crippen LogP contribution < -0.4 is 16.6 Å². The van der Waals surface area contributed by atoms with Gasteiger partial charge in [0.1, 0.15) is 0 Å². The van der Waals surface area contributed by atoms with Crippen LogP contribution in [0.5, 0.6) is 0 Å². The highest BCUT2D eigenvalue weighted by Gasteiger charge is 2.17. The van der Waals surface area contributed by atoms with Gasteiger partial charge in [0.05, 0.1) is 5.69 Å². The molecule has 0 aliphatic rings. The standard InChI is InChI=1S/C15H25N3O/c1-5-12(6-2)11(4)17-15(19)13-7-8-14(18-16)10(3)9-13/h7-9,11-12,18H,5-6,16H2,1-4H3,(H,17,19). The van der Waals surface area contributed by atoms with Crippen molar-refractivity contribution in [2.75, 3.05) is 5.43 Å². The van der Waals surface area contributed by atoms with Crippen molar-refractivity contribution in [2.45, 2.75) is 46.6 Å². The topological polar surface area (TPSA) is 67.2 Å². The zero-order valence-electron chi connectivity index (χ0n) is 12.3. The highest BCUT2D eigenvalue weighted by molar-refractivity contribution is 5.95. The summed E-state index contributed by atoms with van der Waals surface area (Å²) in [7, 11) is 0. The summed E-state index contributed by atoms with van der Waals surface area (Å²) >= 11 is 0. The lowest BCUT2D eigenvalue weighted by Gasteiger charge is -2.22. The molecule has 0 heterocycles. The smallest absolute Gasteiger partial charge is 0.251 e. The number of carbonyl (C=O) groups excluding carboxylic acids is 1. The minimum absolute atomic E-state index is 0.0222. The van der Waals surface area contributed by atoms with Crippen molar-refractivity contribution in [3.05, 3.63) is 29.3 Å². The number of nitrogen functional groups attached to an aromatic ring is 1. The van der Waals surface area contributed by atoms with Gasteiger partial charge in [-0.1, -0.05) is 26.7 Å². The molecule has 1 amide bonds. The Kier molecular flexibility index (Phi) is 5.83. The number of anilines is 1. The van der Waals surface area contributed by atoms with E-state index >= 15 is 0 Å². The van der Waals surface area contributed by atoms with Gasteiger partial charge in [0.15, 0.2) is 0 Å². The molecule has 0 saturated carbocycles. The number of carbonyl (C=O) groups is 1. The molecule has 4 nitrogen and oxygen atoms in total. The number of rotatable bonds is 6. The highest BCUT2D eigenvalue weighted by Crippen LogP contribution is 2.17. The lowest BCUT2D eigenvalue weighted by atomic mass is 9.95. The first-order valence-corrected chi connectivity index (χ1v) is 6.91. The minimum Gasteiger partial charge on any atom is -0.349 e. The van der Waals surface area contributed by atoms with Gasteiger partial charge < -0.3 is 10.7 Å². The van der Waals surface area contributed by atoms with Crippen LogP contribution in [-0.4, -0.2) is 11.9 Å². The molecule has 1 rings (SSSR count). The molecule has 0 aliphatic heterocycles. The number of amides is 1. The second-order valence-electron chi connectivity index (χ2n) is 5.01. The van der Waals surface area contributed by atoms with Gasteiger partial charge in [-0.2, -0.15) is 0 Å². The number of hydrazine groups is 1. The average Bonchev–Trinajstić information content (AvgIpc) is 2.39. The molecule has 0 spiro atoms. The van der Waals surface area contributed by atoms with E-state index in [1.807, 2.05) is 19.1 Å². The molecule has 106 valence electrons. The van der Waals surface area contributed by atoms with Crippen molar-refractivity contribution in [3.63, 3.8) is 0 Å². The van der Waals surface area contributed by atoms with Crippen LogP contribution in [-0.2, 0) is 0 Å². The number of nitrogens with two attached hydrogens (primary N) is 1. The Hall–Kier alpha value is -1.55. The predicted molar refractivity (Wildman–Crippen MR) is 80.0 cm³/mol. The van der Waals surface area contributed by atoms with Crippen LogP contribution in [0.25, 0.3) is 0 Å². The van der Waals surface area contributed by atoms with E-state index < -0.39 is 0 Å². The molecule has 19 heavy (non-hydrogen) atoms. The Morgan fingerprint density at radius 1 is 1.32 bits per heavy atom. The summed E-state index contributed by atoms with van der Waals surface area (Å²) < 4.78 is 0. The molecular weight excluding hydrogens is 238 g/mol. The Morgan fingerprint density at radius 3 is 2.42 bits per heavy atom. The zero-order valence-corrected chi connectivity index (χ0v) is 12.3. The summed E-state index contributed by atoms with van der Waals surface area (Å²) in [4.78, 5) is 12.2. The highest BCUT2D eigenvalue weighted by atomic mass is 16.1. The van der Waals surface area contributed by atoms with Gasteiger partial charge in [-0.15, -0.1) is 0 Å². The molecule has 4 N–H and O–H groups in total. The van der Waals surface area contributed by atoms with Gasteiger partial charge in [-0.05, 0) is 43.5 Å². The van der Waals surface area contributed by atoms with Gasteiger partial charge in [-0.3, -0.25) is 10.6 Å². The minimum atomic E-state index is -0.0222. The average molecular weight is 263 g/mol. The summed E-state index contributed by atoms with van der Waals surface area (Å²) in [6.07, 6.45) is 2.15. The molecule has 1 unspecified atom stereocenters. The van der Waals surface area contributed by atoms with Gasteiger partial charge in [0.2, 0.25) is 0 Å². The lowest BCUT2D eigenvalue weighted by molar-refractivity contribution is 0.0925. The monoisotopic (exact) mass is 263 g/mol. The number of benzene rings is 1. The van der Waals surface area contributed by atoms with E-state index in [9.17, 15) is 4.79 Å². The summed E-state index contributed by atoms with van der Waals surface area (Å²) in [5, 5.41) is 3.07. The predicted octanol–water partition coefficient (Wildman–Crippen LogP) is 2.84. The van der Waals surface area contributed by atoms with E-state index in [1.165, 1.54) is 0 Å². The van der Waals surface area contributed by atoms with E-state index in [1.54, 1.807) is 6.07 Å². The Labute approximate surface area is 115 Å². The van der Waals surface area contributed by atoms with Crippen LogP contribution in [0.3, 0.4) is 0 Å². The second kappa shape index (κ2) is 7.14. The normalized spacial score (nSPS) is 12.3. The molecule has 0 aliphatic carbocycles. The van der Waals surface area contributed by atoms with Crippen LogP contribution in [0.2, 0.25) is 0 Å². The van der Waals surface area contributed by atoms with Gasteiger partial charge >= 0.3 is 0 Å². The first kappa shape index (κ1) is 15.5. The van der Waals surface area contributed by atoms with E-state index in [0.29, 0.717) is 11.5 Å². The Morgan fingerprint density at radius 2 is 1.95 bits per heavy atom. The van der Waals surface area contributed by atoms with Crippen LogP contribution in [0.4, 0.5) is 5.69 Å². The van der Waals surface area contributed by atoms with Crippen molar-refractivity contribution >= 4 is 11.6 Å². The fourth-order valence-corrected chi connectivity index (χ4v) is 2.37. The molecule has 1 atom stereocenters. The van der Waals surface area contributed by atoms with Crippen molar-refractivity contribution in [1.29, 1.82) is 0 Å². The summed E-state index contributed by atoms with van der Waals surface area (Å²) in [6, 6.07) is 5.66. The Balaban J connectivity index is 2.75. The number of hydrogen-bond donors (Lipinski definition) is 3. The molecule has 0 bridgehead atoms. The quantitative estimate of drug-likeness (QED) is 0.546. The van der Waals surface area contributed by atoms with E-state index in [0.717, 1.165) is 24.1 Å². The fraction of sp³-hybridized carbons (Fsp3) is 0.533. The number of aryl methyl sites for hydroxylation is 1. The van der Waals surface area contributed by atoms with Crippen molar-refractivity contribution in [1.82, 2.24) is 5.32 Å². The van der Waals surface area contributed by atoms with Gasteiger partial charge in [0, 0.05) is 11.6 Å². The van der Waals surface area contributed by atoms with Gasteiger partial charge in [0.25, 0.3) is 5.91 Å². The molecular formula is C15H25N3O. The number of hydrogen-bond acceptors (Lipinski definition) is 3. The number of nitrogens with one attached hydrogen (secondary N) is 2. The van der Waals surface area contributed by atoms with Crippen molar-refractivity contribution < 1.29 is 4.79 Å². The first-order chi connectivity index (χ1) is 9.03. The maximum absolute atomic E-state index is 12.2. The molecule has 0 saturated heterocycles. The lowest BCUT2D eigenvalue weighted by Crippen LogP contribution is -2.37. The molecule has 0 aromatic heterocycles. The molecule has 1 aromatic rings. The zero-order chi connectivity index (χ0) is 14.4. The molecule has 0 radical (unpaired) electrons. The first-order valence-electron chi connectivity index (χ1n) is 6.91. The maximum atomic E-state index is 12.2. The van der Waals surface area contributed by atoms with Crippen LogP contribution >= 0.6 is 0 Å². The summed E-state index contributed by atoms with van der Waals surface area (Å²) in [5.74, 6) is 5.88. The third-order valence-electron chi connectivity index (χ3n) is 3.76.